The summed E-state index contributed by atoms with van der Waals surface area (Å²) in [7, 11) is 3.21. The Morgan fingerprint density at radius 3 is 1.25 bits per heavy atom. The average molecular weight is 301 g/mol. The van der Waals surface area contributed by atoms with Crippen molar-refractivity contribution in [3.05, 3.63) is 0 Å². The Hall–Kier alpha value is 0.430. The topological polar surface area (TPSA) is 0 Å². The zero-order valence-electron chi connectivity index (χ0n) is 14.7. The summed E-state index contributed by atoms with van der Waals surface area (Å²) in [6.45, 7) is 6.97. The molecule has 122 valence electrons. The third kappa shape index (κ3) is 12.2. The first-order valence-electron chi connectivity index (χ1n) is 9.47. The molecule has 0 heterocycles. The van der Waals surface area contributed by atoms with Crippen LogP contribution in [0.15, 0.2) is 0 Å². The molecule has 1 heteroatoms. The molecule has 0 spiro atoms. The normalized spacial score (nSPS) is 12.0. The van der Waals surface area contributed by atoms with Gasteiger partial charge in [-0.1, -0.05) is 97.8 Å². The molecule has 0 nitrogen and oxygen atoms in total. The second kappa shape index (κ2) is 14.4. The third-order valence-corrected chi connectivity index (χ3v) is 5.75. The highest BCUT2D eigenvalue weighted by Gasteiger charge is 2.20. The summed E-state index contributed by atoms with van der Waals surface area (Å²) in [5.41, 5.74) is 0. The Morgan fingerprint density at radius 1 is 0.550 bits per heavy atom. The van der Waals surface area contributed by atoms with Gasteiger partial charge in [0.25, 0.3) is 0 Å². The first-order chi connectivity index (χ1) is 9.68. The van der Waals surface area contributed by atoms with Gasteiger partial charge in [-0.05, 0) is 24.4 Å². The van der Waals surface area contributed by atoms with E-state index in [0.29, 0.717) is 5.16 Å². The smallest absolute Gasteiger partial charge is 0.0153 e. The van der Waals surface area contributed by atoms with Gasteiger partial charge in [0.15, 0.2) is 0 Å². The van der Waals surface area contributed by atoms with E-state index in [4.69, 9.17) is 0 Å². The van der Waals surface area contributed by atoms with Gasteiger partial charge in [-0.15, -0.1) is 9.24 Å². The lowest BCUT2D eigenvalue weighted by Gasteiger charge is -2.28. The maximum absolute atomic E-state index is 3.21. The van der Waals surface area contributed by atoms with E-state index >= 15 is 0 Å². The van der Waals surface area contributed by atoms with Crippen LogP contribution in [0.3, 0.4) is 0 Å². The molecule has 0 bridgehead atoms. The lowest BCUT2D eigenvalue weighted by atomic mass is 9.91. The Morgan fingerprint density at radius 2 is 0.900 bits per heavy atom. The van der Waals surface area contributed by atoms with Gasteiger partial charge in [-0.3, -0.25) is 0 Å². The van der Waals surface area contributed by atoms with Crippen molar-refractivity contribution in [3.63, 3.8) is 0 Å². The third-order valence-electron chi connectivity index (χ3n) is 4.76. The van der Waals surface area contributed by atoms with Crippen LogP contribution in [-0.2, 0) is 0 Å². The SMILES string of the molecule is CCCCCCCCC(P)(CC)CCCCCCCC. The maximum atomic E-state index is 3.21. The fourth-order valence-electron chi connectivity index (χ4n) is 2.99. The van der Waals surface area contributed by atoms with Gasteiger partial charge in [0, 0.05) is 0 Å². The monoisotopic (exact) mass is 300 g/mol. The van der Waals surface area contributed by atoms with Crippen molar-refractivity contribution in [1.82, 2.24) is 0 Å². The van der Waals surface area contributed by atoms with Gasteiger partial charge in [0.2, 0.25) is 0 Å². The van der Waals surface area contributed by atoms with E-state index in [1.54, 1.807) is 0 Å². The van der Waals surface area contributed by atoms with Crippen molar-refractivity contribution < 1.29 is 0 Å². The summed E-state index contributed by atoms with van der Waals surface area (Å²) in [5, 5.41) is 0.551. The summed E-state index contributed by atoms with van der Waals surface area (Å²) in [5.74, 6) is 0. The van der Waals surface area contributed by atoms with E-state index < -0.39 is 0 Å². The van der Waals surface area contributed by atoms with Crippen molar-refractivity contribution >= 4 is 9.24 Å². The van der Waals surface area contributed by atoms with Crippen LogP contribution in [0.25, 0.3) is 0 Å². The van der Waals surface area contributed by atoms with Gasteiger partial charge >= 0.3 is 0 Å². The van der Waals surface area contributed by atoms with Crippen molar-refractivity contribution in [3.8, 4) is 0 Å². The quantitative estimate of drug-likeness (QED) is 0.217. The first-order valence-corrected chi connectivity index (χ1v) is 10.0. The zero-order valence-corrected chi connectivity index (χ0v) is 15.8. The number of hydrogen-bond donors (Lipinski definition) is 0. The molecule has 0 radical (unpaired) electrons. The Kier molecular flexibility index (Phi) is 14.7. The van der Waals surface area contributed by atoms with Gasteiger partial charge in [-0.25, -0.2) is 0 Å². The highest BCUT2D eigenvalue weighted by Crippen LogP contribution is 2.35. The van der Waals surface area contributed by atoms with Crippen LogP contribution < -0.4 is 0 Å². The molecule has 1 atom stereocenters. The second-order valence-corrected chi connectivity index (χ2v) is 7.98. The molecule has 0 N–H and O–H groups in total. The fraction of sp³-hybridized carbons (Fsp3) is 1.00. The van der Waals surface area contributed by atoms with Gasteiger partial charge in [0.05, 0.1) is 0 Å². The summed E-state index contributed by atoms with van der Waals surface area (Å²) >= 11 is 0. The van der Waals surface area contributed by atoms with Crippen molar-refractivity contribution in [2.75, 3.05) is 0 Å². The molecule has 0 aromatic carbocycles. The number of unbranched alkanes of at least 4 members (excludes halogenated alkanes) is 10. The zero-order chi connectivity index (χ0) is 15.1. The predicted octanol–water partition coefficient (Wildman–Crippen LogP) is 7.51. The Labute approximate surface area is 132 Å². The minimum absolute atomic E-state index is 0.551. The lowest BCUT2D eigenvalue weighted by Crippen LogP contribution is -2.19. The molecule has 0 aromatic rings. The molecule has 0 saturated carbocycles. The molecule has 0 amide bonds. The highest BCUT2D eigenvalue weighted by atomic mass is 31.0. The van der Waals surface area contributed by atoms with Crippen LogP contribution in [0, 0.1) is 0 Å². The molecule has 0 aliphatic rings. The molecule has 0 aliphatic carbocycles. The minimum Gasteiger partial charge on any atom is -0.131 e. The summed E-state index contributed by atoms with van der Waals surface area (Å²) < 4.78 is 0. The molecule has 1 unspecified atom stereocenters. The van der Waals surface area contributed by atoms with E-state index in [1.165, 1.54) is 96.3 Å². The molecule has 0 aliphatic heterocycles. The van der Waals surface area contributed by atoms with E-state index in [-0.39, 0.29) is 0 Å². The van der Waals surface area contributed by atoms with Gasteiger partial charge < -0.3 is 0 Å². The molecule has 20 heavy (non-hydrogen) atoms. The first kappa shape index (κ1) is 20.4. The second-order valence-electron chi connectivity index (χ2n) is 6.75. The highest BCUT2D eigenvalue weighted by molar-refractivity contribution is 7.18. The van der Waals surface area contributed by atoms with Crippen LogP contribution in [0.4, 0.5) is 0 Å². The molecule has 0 fully saturated rings. The van der Waals surface area contributed by atoms with Crippen LogP contribution >= 0.6 is 9.24 Å². The van der Waals surface area contributed by atoms with E-state index in [0.717, 1.165) is 0 Å². The molecular weight excluding hydrogens is 259 g/mol. The standard InChI is InChI=1S/C19H41P/c1-4-7-9-11-13-15-17-19(20,6-3)18-16-14-12-10-8-5-2/h4-18,20H2,1-3H3. The van der Waals surface area contributed by atoms with Crippen LogP contribution in [0.1, 0.15) is 117 Å². The molecular formula is C19H41P. The maximum Gasteiger partial charge on any atom is -0.0153 e. The van der Waals surface area contributed by atoms with Gasteiger partial charge in [-0.2, -0.15) is 0 Å². The summed E-state index contributed by atoms with van der Waals surface area (Å²) in [6, 6.07) is 0. The average Bonchev–Trinajstić information content (AvgIpc) is 2.46. The Balaban J connectivity index is 3.57. The number of rotatable bonds is 15. The van der Waals surface area contributed by atoms with Crippen LogP contribution in [0.5, 0.6) is 0 Å². The van der Waals surface area contributed by atoms with E-state index in [2.05, 4.69) is 30.0 Å². The van der Waals surface area contributed by atoms with Crippen molar-refractivity contribution in [1.29, 1.82) is 0 Å². The summed E-state index contributed by atoms with van der Waals surface area (Å²) in [6.07, 6.45) is 21.4. The molecule has 0 aromatic heterocycles. The largest absolute Gasteiger partial charge is 0.131 e. The van der Waals surface area contributed by atoms with Gasteiger partial charge in [0.1, 0.15) is 0 Å². The molecule has 0 rings (SSSR count). The lowest BCUT2D eigenvalue weighted by molar-refractivity contribution is 0.431. The molecule has 0 saturated heterocycles. The van der Waals surface area contributed by atoms with Crippen LogP contribution in [-0.4, -0.2) is 5.16 Å². The summed E-state index contributed by atoms with van der Waals surface area (Å²) in [4.78, 5) is 0. The minimum atomic E-state index is 0.551. The van der Waals surface area contributed by atoms with E-state index in [9.17, 15) is 0 Å². The van der Waals surface area contributed by atoms with Crippen molar-refractivity contribution in [2.24, 2.45) is 0 Å². The van der Waals surface area contributed by atoms with E-state index in [1.807, 2.05) is 0 Å². The van der Waals surface area contributed by atoms with Crippen molar-refractivity contribution in [2.45, 2.75) is 122 Å². The number of hydrogen-bond acceptors (Lipinski definition) is 0. The van der Waals surface area contributed by atoms with Crippen LogP contribution in [0.2, 0.25) is 0 Å². The predicted molar refractivity (Wildman–Crippen MR) is 98.7 cm³/mol. The fourth-order valence-corrected chi connectivity index (χ4v) is 3.40. The Bertz CT molecular complexity index is 172.